The lowest BCUT2D eigenvalue weighted by atomic mass is 10.1. The molecule has 25 heavy (non-hydrogen) atoms. The fourth-order valence-corrected chi connectivity index (χ4v) is 3.18. The van der Waals surface area contributed by atoms with Crippen molar-refractivity contribution in [1.29, 1.82) is 0 Å². The molecule has 0 radical (unpaired) electrons. The molecule has 2 N–H and O–H groups in total. The first-order valence-corrected chi connectivity index (χ1v) is 8.70. The van der Waals surface area contributed by atoms with Crippen LogP contribution >= 0.6 is 34.5 Å². The number of hydrogen-bond donors (Lipinski definition) is 2. The summed E-state index contributed by atoms with van der Waals surface area (Å²) in [5.41, 5.74) is 5.37. The second-order valence-electron chi connectivity index (χ2n) is 4.96. The summed E-state index contributed by atoms with van der Waals surface area (Å²) in [4.78, 5) is 15.2. The summed E-state index contributed by atoms with van der Waals surface area (Å²) >= 11 is 13.5. The van der Waals surface area contributed by atoms with Gasteiger partial charge in [-0.3, -0.25) is 5.43 Å². The Morgan fingerprint density at radius 1 is 1.20 bits per heavy atom. The van der Waals surface area contributed by atoms with Crippen LogP contribution in [0.4, 0.5) is 5.13 Å². The number of benzene rings is 2. The van der Waals surface area contributed by atoms with Crippen LogP contribution in [0.5, 0.6) is 0 Å². The lowest BCUT2D eigenvalue weighted by Crippen LogP contribution is -1.96. The van der Waals surface area contributed by atoms with Crippen molar-refractivity contribution in [3.05, 3.63) is 69.0 Å². The van der Waals surface area contributed by atoms with E-state index in [1.54, 1.807) is 30.5 Å². The zero-order valence-electron chi connectivity index (χ0n) is 12.6. The molecular formula is C17H11Cl2N3O2S. The van der Waals surface area contributed by atoms with Crippen molar-refractivity contribution < 1.29 is 9.90 Å². The fourth-order valence-electron chi connectivity index (χ4n) is 2.02. The lowest BCUT2D eigenvalue weighted by Gasteiger charge is -2.00. The Morgan fingerprint density at radius 2 is 1.96 bits per heavy atom. The highest BCUT2D eigenvalue weighted by atomic mass is 35.5. The number of carbonyl (C=O) groups is 1. The van der Waals surface area contributed by atoms with Crippen LogP contribution in [0.3, 0.4) is 0 Å². The minimum absolute atomic E-state index is 0.231. The molecule has 126 valence electrons. The molecule has 8 heteroatoms. The van der Waals surface area contributed by atoms with Crippen LogP contribution in [0.2, 0.25) is 10.0 Å². The minimum Gasteiger partial charge on any atom is -0.478 e. The van der Waals surface area contributed by atoms with Crippen molar-refractivity contribution in [2.75, 3.05) is 5.43 Å². The van der Waals surface area contributed by atoms with Crippen molar-refractivity contribution in [3.63, 3.8) is 0 Å². The summed E-state index contributed by atoms with van der Waals surface area (Å²) in [6.45, 7) is 0. The summed E-state index contributed by atoms with van der Waals surface area (Å²) < 4.78 is 0. The maximum atomic E-state index is 10.8. The first kappa shape index (κ1) is 17.4. The van der Waals surface area contributed by atoms with Gasteiger partial charge in [-0.2, -0.15) is 5.10 Å². The number of nitrogens with zero attached hydrogens (tertiary/aromatic N) is 2. The van der Waals surface area contributed by atoms with E-state index in [0.717, 1.165) is 16.8 Å². The van der Waals surface area contributed by atoms with Crippen LogP contribution in [0.15, 0.2) is 52.9 Å². The van der Waals surface area contributed by atoms with E-state index in [1.807, 2.05) is 11.4 Å². The van der Waals surface area contributed by atoms with Gasteiger partial charge in [0.15, 0.2) is 0 Å². The van der Waals surface area contributed by atoms with E-state index in [0.29, 0.717) is 15.2 Å². The topological polar surface area (TPSA) is 74.6 Å². The Bertz CT molecular complexity index is 939. The maximum absolute atomic E-state index is 10.8. The van der Waals surface area contributed by atoms with Crippen molar-refractivity contribution in [3.8, 4) is 11.3 Å². The van der Waals surface area contributed by atoms with Gasteiger partial charge in [-0.1, -0.05) is 35.3 Å². The van der Waals surface area contributed by atoms with Gasteiger partial charge in [-0.05, 0) is 35.9 Å². The molecule has 3 rings (SSSR count). The molecule has 0 amide bonds. The number of halogens is 2. The molecule has 0 atom stereocenters. The molecule has 0 spiro atoms. The van der Waals surface area contributed by atoms with Gasteiger partial charge in [-0.15, -0.1) is 11.3 Å². The lowest BCUT2D eigenvalue weighted by molar-refractivity contribution is 0.0697. The Hall–Kier alpha value is -2.41. The Kier molecular flexibility index (Phi) is 5.33. The molecule has 1 aromatic heterocycles. The number of aromatic nitrogens is 1. The maximum Gasteiger partial charge on any atom is 0.335 e. The van der Waals surface area contributed by atoms with E-state index in [4.69, 9.17) is 28.3 Å². The largest absolute Gasteiger partial charge is 0.478 e. The third-order valence-corrected chi connectivity index (χ3v) is 4.54. The van der Waals surface area contributed by atoms with Crippen molar-refractivity contribution in [1.82, 2.24) is 4.98 Å². The minimum atomic E-state index is -0.960. The molecular weight excluding hydrogens is 381 g/mol. The van der Waals surface area contributed by atoms with Gasteiger partial charge in [-0.25, -0.2) is 9.78 Å². The van der Waals surface area contributed by atoms with E-state index >= 15 is 0 Å². The highest BCUT2D eigenvalue weighted by Gasteiger charge is 2.08. The van der Waals surface area contributed by atoms with Crippen LogP contribution < -0.4 is 5.43 Å². The number of hydrogen-bond acceptors (Lipinski definition) is 5. The van der Waals surface area contributed by atoms with Crippen molar-refractivity contribution in [2.24, 2.45) is 5.10 Å². The first-order chi connectivity index (χ1) is 12.0. The molecule has 0 saturated heterocycles. The number of nitrogens with one attached hydrogen (secondary N) is 1. The summed E-state index contributed by atoms with van der Waals surface area (Å²) in [7, 11) is 0. The highest BCUT2D eigenvalue weighted by molar-refractivity contribution is 7.14. The van der Waals surface area contributed by atoms with Gasteiger partial charge < -0.3 is 5.11 Å². The Morgan fingerprint density at radius 3 is 2.64 bits per heavy atom. The van der Waals surface area contributed by atoms with Gasteiger partial charge in [0.05, 0.1) is 22.5 Å². The van der Waals surface area contributed by atoms with Gasteiger partial charge in [0.25, 0.3) is 0 Å². The van der Waals surface area contributed by atoms with Crippen LogP contribution in [0.1, 0.15) is 15.9 Å². The zero-order chi connectivity index (χ0) is 17.8. The van der Waals surface area contributed by atoms with E-state index in [2.05, 4.69) is 15.5 Å². The number of rotatable bonds is 5. The summed E-state index contributed by atoms with van der Waals surface area (Å²) in [5, 5.41) is 16.5. The molecule has 2 aromatic carbocycles. The average Bonchev–Trinajstić information content (AvgIpc) is 3.04. The van der Waals surface area contributed by atoms with Gasteiger partial charge >= 0.3 is 5.97 Å². The van der Waals surface area contributed by atoms with Gasteiger partial charge in [0.1, 0.15) is 0 Å². The van der Waals surface area contributed by atoms with E-state index < -0.39 is 5.97 Å². The standard InChI is InChI=1S/C17H11Cl2N3O2S/c18-12-5-6-13(14(19)7-12)15-9-25-17(21-15)22-20-8-10-1-3-11(4-2-10)16(23)24/h1-9H,(H,21,22)(H,23,24)/b20-8+. The number of anilines is 1. The molecule has 0 aliphatic heterocycles. The van der Waals surface area contributed by atoms with Crippen LogP contribution in [0.25, 0.3) is 11.3 Å². The smallest absolute Gasteiger partial charge is 0.335 e. The second kappa shape index (κ2) is 7.65. The molecule has 0 unspecified atom stereocenters. The zero-order valence-corrected chi connectivity index (χ0v) is 14.9. The predicted molar refractivity (Wildman–Crippen MR) is 102 cm³/mol. The number of hydrazone groups is 1. The molecule has 0 aliphatic rings. The van der Waals surface area contributed by atoms with Crippen LogP contribution in [-0.2, 0) is 0 Å². The third kappa shape index (κ3) is 4.36. The molecule has 0 bridgehead atoms. The fraction of sp³-hybridized carbons (Fsp3) is 0. The average molecular weight is 392 g/mol. The third-order valence-electron chi connectivity index (χ3n) is 3.24. The first-order valence-electron chi connectivity index (χ1n) is 7.06. The number of thiazole rings is 1. The van der Waals surface area contributed by atoms with Crippen molar-refractivity contribution >= 4 is 51.9 Å². The normalized spacial score (nSPS) is 11.0. The molecule has 0 fully saturated rings. The Labute approximate surface area is 157 Å². The number of carboxylic acid groups (broad SMARTS) is 1. The monoisotopic (exact) mass is 391 g/mol. The Balaban J connectivity index is 1.68. The van der Waals surface area contributed by atoms with E-state index in [1.165, 1.54) is 23.5 Å². The summed E-state index contributed by atoms with van der Waals surface area (Å²) in [5.74, 6) is -0.960. The number of carboxylic acids is 1. The quantitative estimate of drug-likeness (QED) is 0.459. The molecule has 1 heterocycles. The van der Waals surface area contributed by atoms with E-state index in [-0.39, 0.29) is 5.56 Å². The second-order valence-corrected chi connectivity index (χ2v) is 6.66. The molecule has 3 aromatic rings. The summed E-state index contributed by atoms with van der Waals surface area (Å²) in [6, 6.07) is 11.6. The van der Waals surface area contributed by atoms with Crippen molar-refractivity contribution in [2.45, 2.75) is 0 Å². The molecule has 0 saturated carbocycles. The molecule has 5 nitrogen and oxygen atoms in total. The summed E-state index contributed by atoms with van der Waals surface area (Å²) in [6.07, 6.45) is 1.59. The predicted octanol–water partition coefficient (Wildman–Crippen LogP) is 5.26. The van der Waals surface area contributed by atoms with E-state index in [9.17, 15) is 4.79 Å². The molecule has 0 aliphatic carbocycles. The van der Waals surface area contributed by atoms with Gasteiger partial charge in [0.2, 0.25) is 5.13 Å². The van der Waals surface area contributed by atoms with Crippen LogP contribution in [0, 0.1) is 0 Å². The van der Waals surface area contributed by atoms with Crippen LogP contribution in [-0.4, -0.2) is 22.3 Å². The van der Waals surface area contributed by atoms with Gasteiger partial charge in [0, 0.05) is 16.0 Å². The highest BCUT2D eigenvalue weighted by Crippen LogP contribution is 2.32. The SMILES string of the molecule is O=C(O)c1ccc(/C=N/Nc2nc(-c3ccc(Cl)cc3Cl)cs2)cc1. The number of aromatic carboxylic acids is 1.